The molecule has 1 aliphatic heterocycles. The number of hydrogen-bond acceptors (Lipinski definition) is 4. The standard InChI is InChI=1S/C20H24N2O4S/c1-13-9-15(3)19(10-14(13)2)27(24,25)21-18-6-5-16-7-8-22(20(23)26-4)12-17(16)11-18/h5-6,9-11,21H,7-8,12H2,1-4H3. The third kappa shape index (κ3) is 3.93. The van der Waals surface area contributed by atoms with Crippen LogP contribution in [0.1, 0.15) is 27.8 Å². The second kappa shape index (κ2) is 7.23. The topological polar surface area (TPSA) is 75.7 Å². The zero-order valence-corrected chi connectivity index (χ0v) is 16.8. The number of carbonyl (C=O) groups excluding carboxylic acids is 1. The van der Waals surface area contributed by atoms with Crippen molar-refractivity contribution in [1.29, 1.82) is 0 Å². The molecule has 0 spiro atoms. The Morgan fingerprint density at radius 2 is 1.74 bits per heavy atom. The number of sulfonamides is 1. The summed E-state index contributed by atoms with van der Waals surface area (Å²) in [6, 6.07) is 9.05. The van der Waals surface area contributed by atoms with Crippen LogP contribution in [-0.4, -0.2) is 33.1 Å². The number of nitrogens with zero attached hydrogens (tertiary/aromatic N) is 1. The fourth-order valence-electron chi connectivity index (χ4n) is 3.34. The van der Waals surface area contributed by atoms with Gasteiger partial charge in [-0.3, -0.25) is 4.72 Å². The minimum atomic E-state index is -3.70. The highest BCUT2D eigenvalue weighted by molar-refractivity contribution is 7.92. The highest BCUT2D eigenvalue weighted by atomic mass is 32.2. The van der Waals surface area contributed by atoms with Gasteiger partial charge < -0.3 is 9.64 Å². The van der Waals surface area contributed by atoms with Gasteiger partial charge in [0.15, 0.2) is 0 Å². The van der Waals surface area contributed by atoms with Crippen LogP contribution < -0.4 is 4.72 Å². The Bertz CT molecular complexity index is 999. The lowest BCUT2D eigenvalue weighted by Gasteiger charge is -2.28. The molecule has 0 fully saturated rings. The smallest absolute Gasteiger partial charge is 0.409 e. The number of hydrogen-bond donors (Lipinski definition) is 1. The number of benzene rings is 2. The summed E-state index contributed by atoms with van der Waals surface area (Å²) in [5.41, 5.74) is 5.21. The summed E-state index contributed by atoms with van der Waals surface area (Å²) in [7, 11) is -2.34. The molecule has 1 N–H and O–H groups in total. The fraction of sp³-hybridized carbons (Fsp3) is 0.350. The van der Waals surface area contributed by atoms with E-state index in [-0.39, 0.29) is 11.0 Å². The fourth-order valence-corrected chi connectivity index (χ4v) is 4.70. The first-order valence-corrected chi connectivity index (χ1v) is 10.2. The van der Waals surface area contributed by atoms with E-state index in [0.717, 1.165) is 22.3 Å². The van der Waals surface area contributed by atoms with E-state index in [0.29, 0.717) is 30.8 Å². The molecule has 0 radical (unpaired) electrons. The summed E-state index contributed by atoms with van der Waals surface area (Å²) in [4.78, 5) is 13.6. The molecule has 0 saturated heterocycles. The zero-order chi connectivity index (χ0) is 19.8. The maximum atomic E-state index is 12.9. The highest BCUT2D eigenvalue weighted by Gasteiger charge is 2.23. The average molecular weight is 388 g/mol. The predicted octanol–water partition coefficient (Wildman–Crippen LogP) is 3.54. The number of methoxy groups -OCH3 is 1. The molecule has 2 aromatic carbocycles. The Morgan fingerprint density at radius 3 is 2.44 bits per heavy atom. The van der Waals surface area contributed by atoms with Crippen molar-refractivity contribution in [2.75, 3.05) is 18.4 Å². The summed E-state index contributed by atoms with van der Waals surface area (Å²) in [6.07, 6.45) is 0.339. The Labute approximate surface area is 160 Å². The lowest BCUT2D eigenvalue weighted by Crippen LogP contribution is -2.35. The molecular formula is C20H24N2O4S. The van der Waals surface area contributed by atoms with E-state index >= 15 is 0 Å². The first-order chi connectivity index (χ1) is 12.7. The van der Waals surface area contributed by atoms with Crippen LogP contribution in [0.2, 0.25) is 0 Å². The van der Waals surface area contributed by atoms with Gasteiger partial charge >= 0.3 is 6.09 Å². The molecule has 1 amide bonds. The molecule has 7 heteroatoms. The Balaban J connectivity index is 1.88. The normalized spacial score (nSPS) is 13.9. The van der Waals surface area contributed by atoms with Crippen LogP contribution in [0.25, 0.3) is 0 Å². The molecule has 144 valence electrons. The van der Waals surface area contributed by atoms with Crippen molar-refractivity contribution in [3.8, 4) is 0 Å². The second-order valence-corrected chi connectivity index (χ2v) is 8.58. The van der Waals surface area contributed by atoms with Crippen molar-refractivity contribution in [3.05, 3.63) is 58.1 Å². The van der Waals surface area contributed by atoms with Crippen molar-refractivity contribution < 1.29 is 17.9 Å². The van der Waals surface area contributed by atoms with Crippen LogP contribution in [0.3, 0.4) is 0 Å². The van der Waals surface area contributed by atoms with E-state index in [1.807, 2.05) is 26.0 Å². The van der Waals surface area contributed by atoms with E-state index in [2.05, 4.69) is 4.72 Å². The van der Waals surface area contributed by atoms with Crippen LogP contribution in [-0.2, 0) is 27.7 Å². The molecule has 2 aromatic rings. The summed E-state index contributed by atoms with van der Waals surface area (Å²) >= 11 is 0. The van der Waals surface area contributed by atoms with E-state index in [1.54, 1.807) is 30.0 Å². The van der Waals surface area contributed by atoms with Gasteiger partial charge in [-0.2, -0.15) is 0 Å². The highest BCUT2D eigenvalue weighted by Crippen LogP contribution is 2.26. The summed E-state index contributed by atoms with van der Waals surface area (Å²) in [5, 5.41) is 0. The predicted molar refractivity (Wildman–Crippen MR) is 104 cm³/mol. The lowest BCUT2D eigenvalue weighted by atomic mass is 9.99. The Morgan fingerprint density at radius 1 is 1.04 bits per heavy atom. The van der Waals surface area contributed by atoms with Gasteiger partial charge in [-0.05, 0) is 73.2 Å². The molecular weight excluding hydrogens is 364 g/mol. The monoisotopic (exact) mass is 388 g/mol. The van der Waals surface area contributed by atoms with Crippen molar-refractivity contribution in [3.63, 3.8) is 0 Å². The van der Waals surface area contributed by atoms with Crippen molar-refractivity contribution >= 4 is 21.8 Å². The molecule has 0 atom stereocenters. The Kier molecular flexibility index (Phi) is 5.15. The molecule has 0 bridgehead atoms. The van der Waals surface area contributed by atoms with Gasteiger partial charge in [0, 0.05) is 18.8 Å². The van der Waals surface area contributed by atoms with Crippen molar-refractivity contribution in [1.82, 2.24) is 4.90 Å². The van der Waals surface area contributed by atoms with Gasteiger partial charge in [-0.1, -0.05) is 12.1 Å². The number of fused-ring (bicyclic) bond motifs is 1. The number of carbonyl (C=O) groups is 1. The van der Waals surface area contributed by atoms with Crippen LogP contribution in [0, 0.1) is 20.8 Å². The van der Waals surface area contributed by atoms with E-state index in [4.69, 9.17) is 4.74 Å². The SMILES string of the molecule is COC(=O)N1CCc2ccc(NS(=O)(=O)c3cc(C)c(C)cc3C)cc2C1. The number of aryl methyl sites for hydroxylation is 3. The number of rotatable bonds is 3. The molecule has 3 rings (SSSR count). The minimum Gasteiger partial charge on any atom is -0.453 e. The van der Waals surface area contributed by atoms with Crippen LogP contribution in [0.15, 0.2) is 35.2 Å². The van der Waals surface area contributed by atoms with Gasteiger partial charge in [0.1, 0.15) is 0 Å². The first-order valence-electron chi connectivity index (χ1n) is 8.76. The molecule has 0 saturated carbocycles. The molecule has 0 unspecified atom stereocenters. The molecule has 6 nitrogen and oxygen atoms in total. The Hall–Kier alpha value is -2.54. The minimum absolute atomic E-state index is 0.277. The van der Waals surface area contributed by atoms with Gasteiger partial charge in [0.05, 0.1) is 12.0 Å². The molecule has 1 heterocycles. The maximum absolute atomic E-state index is 12.9. The number of amides is 1. The zero-order valence-electron chi connectivity index (χ0n) is 16.0. The summed E-state index contributed by atoms with van der Waals surface area (Å²) < 4.78 is 33.2. The quantitative estimate of drug-likeness (QED) is 0.873. The van der Waals surface area contributed by atoms with E-state index in [1.165, 1.54) is 7.11 Å². The van der Waals surface area contributed by atoms with Crippen LogP contribution in [0.4, 0.5) is 10.5 Å². The van der Waals surface area contributed by atoms with E-state index in [9.17, 15) is 13.2 Å². The molecule has 0 aliphatic carbocycles. The molecule has 27 heavy (non-hydrogen) atoms. The van der Waals surface area contributed by atoms with Crippen molar-refractivity contribution in [2.45, 2.75) is 38.6 Å². The van der Waals surface area contributed by atoms with Gasteiger partial charge in [0.25, 0.3) is 10.0 Å². The van der Waals surface area contributed by atoms with Crippen molar-refractivity contribution in [2.24, 2.45) is 0 Å². The molecule has 0 aromatic heterocycles. The number of nitrogens with one attached hydrogen (secondary N) is 1. The third-order valence-corrected chi connectivity index (χ3v) is 6.51. The van der Waals surface area contributed by atoms with Gasteiger partial charge in [0.2, 0.25) is 0 Å². The van der Waals surface area contributed by atoms with E-state index < -0.39 is 10.0 Å². The summed E-state index contributed by atoms with van der Waals surface area (Å²) in [6.45, 7) is 6.64. The van der Waals surface area contributed by atoms with Gasteiger partial charge in [-0.25, -0.2) is 13.2 Å². The third-order valence-electron chi connectivity index (χ3n) is 4.98. The van der Waals surface area contributed by atoms with Gasteiger partial charge in [-0.15, -0.1) is 0 Å². The second-order valence-electron chi connectivity index (χ2n) is 6.93. The number of anilines is 1. The summed E-state index contributed by atoms with van der Waals surface area (Å²) in [5.74, 6) is 0. The lowest BCUT2D eigenvalue weighted by molar-refractivity contribution is 0.118. The maximum Gasteiger partial charge on any atom is 0.409 e. The first kappa shape index (κ1) is 19.2. The van der Waals surface area contributed by atoms with Crippen LogP contribution >= 0.6 is 0 Å². The number of ether oxygens (including phenoxy) is 1. The van der Waals surface area contributed by atoms with Crippen LogP contribution in [0.5, 0.6) is 0 Å². The largest absolute Gasteiger partial charge is 0.453 e. The molecule has 1 aliphatic rings. The average Bonchev–Trinajstić information content (AvgIpc) is 2.63.